The first kappa shape index (κ1) is 14.0. The Labute approximate surface area is 102 Å². The van der Waals surface area contributed by atoms with Crippen LogP contribution in [0.3, 0.4) is 0 Å². The van der Waals surface area contributed by atoms with Crippen LogP contribution in [0.1, 0.15) is 46.5 Å². The molecule has 96 valence electrons. The molecule has 0 aromatic rings. The van der Waals surface area contributed by atoms with E-state index in [9.17, 15) is 0 Å². The highest BCUT2D eigenvalue weighted by atomic mass is 15.1. The van der Waals surface area contributed by atoms with Crippen LogP contribution in [-0.4, -0.2) is 37.6 Å². The van der Waals surface area contributed by atoms with Gasteiger partial charge < -0.3 is 10.2 Å². The Morgan fingerprint density at radius 1 is 1.31 bits per heavy atom. The molecule has 0 amide bonds. The summed E-state index contributed by atoms with van der Waals surface area (Å²) in [7, 11) is 2.28. The van der Waals surface area contributed by atoms with Gasteiger partial charge in [0.2, 0.25) is 0 Å². The first-order valence-electron chi connectivity index (χ1n) is 7.09. The van der Waals surface area contributed by atoms with E-state index >= 15 is 0 Å². The Morgan fingerprint density at radius 2 is 2.00 bits per heavy atom. The lowest BCUT2D eigenvalue weighted by atomic mass is 10.1. The molecule has 0 radical (unpaired) electrons. The number of rotatable bonds is 9. The monoisotopic (exact) mass is 226 g/mol. The third-order valence-electron chi connectivity index (χ3n) is 3.67. The van der Waals surface area contributed by atoms with Crippen LogP contribution in [-0.2, 0) is 0 Å². The third-order valence-corrected chi connectivity index (χ3v) is 3.67. The molecule has 1 saturated carbocycles. The zero-order chi connectivity index (χ0) is 12.0. The van der Waals surface area contributed by atoms with Crippen molar-refractivity contribution in [1.29, 1.82) is 0 Å². The summed E-state index contributed by atoms with van der Waals surface area (Å²) in [6.45, 7) is 10.6. The van der Waals surface area contributed by atoms with E-state index in [1.54, 1.807) is 0 Å². The van der Waals surface area contributed by atoms with E-state index < -0.39 is 0 Å². The Kier molecular flexibility index (Phi) is 6.37. The molecule has 0 bridgehead atoms. The minimum absolute atomic E-state index is 0.698. The average Bonchev–Trinajstić information content (AvgIpc) is 2.91. The topological polar surface area (TPSA) is 15.3 Å². The number of nitrogens with zero attached hydrogens (tertiary/aromatic N) is 1. The zero-order valence-corrected chi connectivity index (χ0v) is 11.6. The van der Waals surface area contributed by atoms with Crippen LogP contribution in [0.5, 0.6) is 0 Å². The molecule has 0 heterocycles. The summed E-state index contributed by atoms with van der Waals surface area (Å²) in [5.41, 5.74) is 0. The van der Waals surface area contributed by atoms with Gasteiger partial charge in [-0.15, -0.1) is 0 Å². The summed E-state index contributed by atoms with van der Waals surface area (Å²) < 4.78 is 0. The van der Waals surface area contributed by atoms with Crippen LogP contribution in [0.25, 0.3) is 0 Å². The van der Waals surface area contributed by atoms with E-state index in [1.807, 2.05) is 0 Å². The van der Waals surface area contributed by atoms with E-state index in [1.165, 1.54) is 45.3 Å². The van der Waals surface area contributed by atoms with Crippen molar-refractivity contribution in [1.82, 2.24) is 10.2 Å². The van der Waals surface area contributed by atoms with Gasteiger partial charge in [-0.05, 0) is 44.7 Å². The zero-order valence-electron chi connectivity index (χ0n) is 11.6. The van der Waals surface area contributed by atoms with Gasteiger partial charge in [-0.3, -0.25) is 0 Å². The molecule has 2 heteroatoms. The summed E-state index contributed by atoms with van der Waals surface area (Å²) in [5.74, 6) is 1.97. The molecule has 1 rings (SSSR count). The molecule has 0 saturated heterocycles. The van der Waals surface area contributed by atoms with Gasteiger partial charge in [-0.2, -0.15) is 0 Å². The first-order valence-corrected chi connectivity index (χ1v) is 7.09. The summed E-state index contributed by atoms with van der Waals surface area (Å²) >= 11 is 0. The van der Waals surface area contributed by atoms with Gasteiger partial charge in [0.05, 0.1) is 0 Å². The second-order valence-electron chi connectivity index (χ2n) is 5.63. The molecular weight excluding hydrogens is 196 g/mol. The number of nitrogens with one attached hydrogen (secondary N) is 1. The molecule has 0 spiro atoms. The highest BCUT2D eigenvalue weighted by Crippen LogP contribution is 2.37. The molecule has 0 aromatic heterocycles. The van der Waals surface area contributed by atoms with E-state index in [0.717, 1.165) is 11.8 Å². The molecule has 1 N–H and O–H groups in total. The van der Waals surface area contributed by atoms with Crippen LogP contribution in [0.15, 0.2) is 0 Å². The van der Waals surface area contributed by atoms with Crippen molar-refractivity contribution < 1.29 is 0 Å². The minimum Gasteiger partial charge on any atom is -0.313 e. The maximum atomic E-state index is 3.66. The van der Waals surface area contributed by atoms with Gasteiger partial charge in [-0.1, -0.05) is 27.2 Å². The standard InChI is InChI=1S/C14H30N2/c1-5-7-14(15-8-6-2)11-16(4)10-13-9-12(13)3/h12-15H,5-11H2,1-4H3. The highest BCUT2D eigenvalue weighted by Gasteiger charge is 2.33. The van der Waals surface area contributed by atoms with Crippen molar-refractivity contribution >= 4 is 0 Å². The molecule has 0 aromatic carbocycles. The van der Waals surface area contributed by atoms with Gasteiger partial charge in [0.15, 0.2) is 0 Å². The van der Waals surface area contributed by atoms with E-state index in [2.05, 4.69) is 38.0 Å². The number of hydrogen-bond donors (Lipinski definition) is 1. The Balaban J connectivity index is 2.17. The second-order valence-corrected chi connectivity index (χ2v) is 5.63. The van der Waals surface area contributed by atoms with Crippen molar-refractivity contribution in [3.05, 3.63) is 0 Å². The fraction of sp³-hybridized carbons (Fsp3) is 1.00. The largest absolute Gasteiger partial charge is 0.313 e. The van der Waals surface area contributed by atoms with E-state index in [0.29, 0.717) is 6.04 Å². The maximum absolute atomic E-state index is 3.66. The quantitative estimate of drug-likeness (QED) is 0.650. The number of hydrogen-bond acceptors (Lipinski definition) is 2. The molecule has 3 atom stereocenters. The van der Waals surface area contributed by atoms with Crippen molar-refractivity contribution in [3.8, 4) is 0 Å². The lowest BCUT2D eigenvalue weighted by molar-refractivity contribution is 0.267. The predicted molar refractivity (Wildman–Crippen MR) is 71.8 cm³/mol. The Morgan fingerprint density at radius 3 is 2.50 bits per heavy atom. The lowest BCUT2D eigenvalue weighted by Crippen LogP contribution is -2.40. The Hall–Kier alpha value is -0.0800. The SMILES string of the molecule is CCCNC(CCC)CN(C)CC1CC1C. The third kappa shape index (κ3) is 5.31. The second kappa shape index (κ2) is 7.29. The molecule has 1 fully saturated rings. The van der Waals surface area contributed by atoms with Crippen LogP contribution in [0, 0.1) is 11.8 Å². The van der Waals surface area contributed by atoms with Crippen LogP contribution >= 0.6 is 0 Å². The van der Waals surface area contributed by atoms with Gasteiger partial charge in [0.1, 0.15) is 0 Å². The minimum atomic E-state index is 0.698. The molecule has 2 nitrogen and oxygen atoms in total. The van der Waals surface area contributed by atoms with E-state index in [4.69, 9.17) is 0 Å². The van der Waals surface area contributed by atoms with Gasteiger partial charge in [-0.25, -0.2) is 0 Å². The molecule has 1 aliphatic rings. The highest BCUT2D eigenvalue weighted by molar-refractivity contribution is 4.85. The fourth-order valence-corrected chi connectivity index (χ4v) is 2.46. The maximum Gasteiger partial charge on any atom is 0.0194 e. The summed E-state index contributed by atoms with van der Waals surface area (Å²) in [6, 6.07) is 0.698. The summed E-state index contributed by atoms with van der Waals surface area (Å²) in [5, 5.41) is 3.66. The van der Waals surface area contributed by atoms with Crippen molar-refractivity contribution in [3.63, 3.8) is 0 Å². The van der Waals surface area contributed by atoms with E-state index in [-0.39, 0.29) is 0 Å². The van der Waals surface area contributed by atoms with Crippen molar-refractivity contribution in [2.24, 2.45) is 11.8 Å². The first-order chi connectivity index (χ1) is 7.67. The van der Waals surface area contributed by atoms with Crippen LogP contribution in [0.2, 0.25) is 0 Å². The van der Waals surface area contributed by atoms with Gasteiger partial charge in [0.25, 0.3) is 0 Å². The molecule has 1 aliphatic carbocycles. The predicted octanol–water partition coefficient (Wildman–Crippen LogP) is 2.74. The van der Waals surface area contributed by atoms with Crippen LogP contribution < -0.4 is 5.32 Å². The smallest absolute Gasteiger partial charge is 0.0194 e. The Bertz CT molecular complexity index is 182. The number of likely N-dealkylation sites (N-methyl/N-ethyl adjacent to an activating group) is 1. The lowest BCUT2D eigenvalue weighted by Gasteiger charge is -2.25. The normalized spacial score (nSPS) is 26.1. The van der Waals surface area contributed by atoms with Crippen LogP contribution in [0.4, 0.5) is 0 Å². The fourth-order valence-electron chi connectivity index (χ4n) is 2.46. The van der Waals surface area contributed by atoms with Gasteiger partial charge >= 0.3 is 0 Å². The van der Waals surface area contributed by atoms with Crippen molar-refractivity contribution in [2.45, 2.75) is 52.5 Å². The average molecular weight is 226 g/mol. The molecule has 16 heavy (non-hydrogen) atoms. The molecular formula is C14H30N2. The summed E-state index contributed by atoms with van der Waals surface area (Å²) in [4.78, 5) is 2.52. The molecule has 3 unspecified atom stereocenters. The van der Waals surface area contributed by atoms with Crippen molar-refractivity contribution in [2.75, 3.05) is 26.7 Å². The summed E-state index contributed by atoms with van der Waals surface area (Å²) in [6.07, 6.45) is 5.29. The van der Waals surface area contributed by atoms with Gasteiger partial charge in [0, 0.05) is 19.1 Å². The molecule has 0 aliphatic heterocycles.